The molecule has 0 aromatic carbocycles. The Balaban J connectivity index is 4.06. The monoisotopic (exact) mass is 271 g/mol. The van der Waals surface area contributed by atoms with E-state index in [1.807, 2.05) is 0 Å². The zero-order valence-electron chi connectivity index (χ0n) is 13.5. The molecular weight excluding hydrogens is 234 g/mol. The van der Waals surface area contributed by atoms with Crippen LogP contribution in [-0.2, 0) is 0 Å². The zero-order valence-corrected chi connectivity index (χ0v) is 13.5. The van der Waals surface area contributed by atoms with Gasteiger partial charge in [-0.1, -0.05) is 51.9 Å². The molecule has 0 bridgehead atoms. The van der Waals surface area contributed by atoms with E-state index >= 15 is 0 Å². The van der Waals surface area contributed by atoms with Gasteiger partial charge in [0, 0.05) is 17.5 Å². The highest BCUT2D eigenvalue weighted by molar-refractivity contribution is 4.93. The van der Waals surface area contributed by atoms with Crippen molar-refractivity contribution in [1.82, 2.24) is 0 Å². The maximum absolute atomic E-state index is 6.20. The first kappa shape index (κ1) is 18.9. The van der Waals surface area contributed by atoms with Crippen LogP contribution in [0.1, 0.15) is 78.6 Å². The second-order valence-electron chi connectivity index (χ2n) is 6.22. The Hall–Kier alpha value is -0.120. The van der Waals surface area contributed by atoms with E-state index in [0.29, 0.717) is 6.54 Å². The molecule has 2 atom stereocenters. The van der Waals surface area contributed by atoms with Crippen LogP contribution in [0.5, 0.6) is 0 Å². The van der Waals surface area contributed by atoms with Crippen molar-refractivity contribution in [2.45, 2.75) is 90.6 Å². The minimum Gasteiger partial charge on any atom is -0.330 e. The Morgan fingerprint density at radius 1 is 0.789 bits per heavy atom. The predicted octanol–water partition coefficient (Wildman–Crippen LogP) is 3.16. The molecule has 19 heavy (non-hydrogen) atoms. The first-order valence-corrected chi connectivity index (χ1v) is 8.22. The van der Waals surface area contributed by atoms with Crippen LogP contribution >= 0.6 is 0 Å². The quantitative estimate of drug-likeness (QED) is 0.477. The van der Waals surface area contributed by atoms with E-state index in [-0.39, 0.29) is 17.5 Å². The Morgan fingerprint density at radius 3 is 1.68 bits per heavy atom. The lowest BCUT2D eigenvalue weighted by molar-refractivity contribution is 0.154. The van der Waals surface area contributed by atoms with Gasteiger partial charge in [0.2, 0.25) is 0 Å². The number of hydrogen-bond acceptors (Lipinski definition) is 3. The maximum Gasteiger partial charge on any atom is 0.00822 e. The summed E-state index contributed by atoms with van der Waals surface area (Å²) in [5, 5.41) is 0. The third-order valence-electron chi connectivity index (χ3n) is 4.67. The average Bonchev–Trinajstić information content (AvgIpc) is 2.35. The van der Waals surface area contributed by atoms with E-state index in [4.69, 9.17) is 17.2 Å². The van der Waals surface area contributed by atoms with E-state index in [0.717, 1.165) is 12.8 Å². The highest BCUT2D eigenvalue weighted by atomic mass is 14.8. The van der Waals surface area contributed by atoms with Gasteiger partial charge in [-0.3, -0.25) is 0 Å². The lowest BCUT2D eigenvalue weighted by Gasteiger charge is -2.41. The molecule has 0 saturated carbocycles. The molecule has 0 heterocycles. The molecule has 0 aliphatic carbocycles. The first-order chi connectivity index (χ1) is 9.01. The van der Waals surface area contributed by atoms with E-state index in [9.17, 15) is 0 Å². The molecule has 6 N–H and O–H groups in total. The minimum absolute atomic E-state index is 0.0260. The van der Waals surface area contributed by atoms with Gasteiger partial charge in [-0.2, -0.15) is 0 Å². The fraction of sp³-hybridized carbons (Fsp3) is 1.00. The maximum atomic E-state index is 6.20. The number of nitrogens with two attached hydrogens (primary N) is 3. The van der Waals surface area contributed by atoms with Crippen LogP contribution in [0, 0.1) is 5.41 Å². The molecule has 3 nitrogen and oxygen atoms in total. The van der Waals surface area contributed by atoms with Crippen LogP contribution in [0.4, 0.5) is 0 Å². The molecule has 0 aromatic rings. The van der Waals surface area contributed by atoms with E-state index in [1.54, 1.807) is 0 Å². The molecule has 0 fully saturated rings. The van der Waals surface area contributed by atoms with Gasteiger partial charge in [0.1, 0.15) is 0 Å². The molecule has 0 amide bonds. The van der Waals surface area contributed by atoms with E-state index in [2.05, 4.69) is 20.8 Å². The molecule has 0 radical (unpaired) electrons. The molecule has 0 rings (SSSR count). The van der Waals surface area contributed by atoms with E-state index < -0.39 is 0 Å². The van der Waals surface area contributed by atoms with Crippen molar-refractivity contribution in [3.8, 4) is 0 Å². The highest BCUT2D eigenvalue weighted by Gasteiger charge is 2.36. The minimum atomic E-state index is 0.0260. The lowest BCUT2D eigenvalue weighted by atomic mass is 9.69. The summed E-state index contributed by atoms with van der Waals surface area (Å²) in [5.74, 6) is 0. The van der Waals surface area contributed by atoms with Gasteiger partial charge in [-0.25, -0.2) is 0 Å². The summed E-state index contributed by atoms with van der Waals surface area (Å²) in [5.41, 5.74) is 18.2. The van der Waals surface area contributed by atoms with Crippen molar-refractivity contribution in [2.24, 2.45) is 22.6 Å². The summed E-state index contributed by atoms with van der Waals surface area (Å²) < 4.78 is 0. The van der Waals surface area contributed by atoms with Crippen LogP contribution in [0.15, 0.2) is 0 Å². The molecule has 0 saturated heterocycles. The summed E-state index contributed by atoms with van der Waals surface area (Å²) in [4.78, 5) is 0. The standard InChI is InChI=1S/C16H37N3/c1-4-5-6-7-8-9-10-11-16(12-13-17,14(2)18)15(3)19/h14-15H,4-13,17-19H2,1-3H3. The zero-order chi connectivity index (χ0) is 14.7. The summed E-state index contributed by atoms with van der Waals surface area (Å²) in [6, 6.07) is 0.243. The van der Waals surface area contributed by atoms with Crippen LogP contribution in [-0.4, -0.2) is 18.6 Å². The van der Waals surface area contributed by atoms with Gasteiger partial charge in [-0.05, 0) is 33.2 Å². The molecule has 116 valence electrons. The molecule has 0 spiro atoms. The van der Waals surface area contributed by atoms with Gasteiger partial charge in [0.15, 0.2) is 0 Å². The smallest absolute Gasteiger partial charge is 0.00822 e. The summed E-state index contributed by atoms with van der Waals surface area (Å²) in [6.07, 6.45) is 11.4. The van der Waals surface area contributed by atoms with Gasteiger partial charge in [0.05, 0.1) is 0 Å². The summed E-state index contributed by atoms with van der Waals surface area (Å²) in [7, 11) is 0. The Labute approximate surface area is 120 Å². The van der Waals surface area contributed by atoms with Crippen molar-refractivity contribution >= 4 is 0 Å². The fourth-order valence-electron chi connectivity index (χ4n) is 3.13. The summed E-state index contributed by atoms with van der Waals surface area (Å²) >= 11 is 0. The Kier molecular flexibility index (Phi) is 10.6. The number of unbranched alkanes of at least 4 members (excludes halogenated alkanes) is 6. The fourth-order valence-corrected chi connectivity index (χ4v) is 3.13. The molecule has 0 aliphatic heterocycles. The van der Waals surface area contributed by atoms with Crippen molar-refractivity contribution in [3.05, 3.63) is 0 Å². The average molecular weight is 271 g/mol. The van der Waals surface area contributed by atoms with Gasteiger partial charge in [-0.15, -0.1) is 0 Å². The molecule has 3 heteroatoms. The second kappa shape index (κ2) is 10.6. The van der Waals surface area contributed by atoms with Crippen LogP contribution in [0.25, 0.3) is 0 Å². The lowest BCUT2D eigenvalue weighted by Crippen LogP contribution is -2.52. The number of rotatable bonds is 12. The number of hydrogen-bond donors (Lipinski definition) is 3. The molecule has 0 aromatic heterocycles. The molecule has 0 aliphatic rings. The third kappa shape index (κ3) is 6.73. The molecule has 2 unspecified atom stereocenters. The van der Waals surface area contributed by atoms with Gasteiger partial charge >= 0.3 is 0 Å². The van der Waals surface area contributed by atoms with Crippen LogP contribution < -0.4 is 17.2 Å². The first-order valence-electron chi connectivity index (χ1n) is 8.22. The normalized spacial score (nSPS) is 18.0. The van der Waals surface area contributed by atoms with Crippen LogP contribution in [0.3, 0.4) is 0 Å². The van der Waals surface area contributed by atoms with Gasteiger partial charge < -0.3 is 17.2 Å². The SMILES string of the molecule is CCCCCCCCCC(CCN)(C(C)N)C(C)N. The van der Waals surface area contributed by atoms with Crippen molar-refractivity contribution < 1.29 is 0 Å². The van der Waals surface area contributed by atoms with E-state index in [1.165, 1.54) is 44.9 Å². The third-order valence-corrected chi connectivity index (χ3v) is 4.67. The van der Waals surface area contributed by atoms with Crippen LogP contribution in [0.2, 0.25) is 0 Å². The largest absolute Gasteiger partial charge is 0.330 e. The van der Waals surface area contributed by atoms with Crippen molar-refractivity contribution in [3.63, 3.8) is 0 Å². The highest BCUT2D eigenvalue weighted by Crippen LogP contribution is 2.34. The van der Waals surface area contributed by atoms with Gasteiger partial charge in [0.25, 0.3) is 0 Å². The Bertz CT molecular complexity index is 194. The van der Waals surface area contributed by atoms with Crippen molar-refractivity contribution in [1.29, 1.82) is 0 Å². The summed E-state index contributed by atoms with van der Waals surface area (Å²) in [6.45, 7) is 7.10. The predicted molar refractivity (Wildman–Crippen MR) is 86.0 cm³/mol. The van der Waals surface area contributed by atoms with Crippen molar-refractivity contribution in [2.75, 3.05) is 6.54 Å². The second-order valence-corrected chi connectivity index (χ2v) is 6.22. The Morgan fingerprint density at radius 2 is 1.26 bits per heavy atom. The topological polar surface area (TPSA) is 78.1 Å². The molecular formula is C16H37N3.